The average molecular weight is 483 g/mol. The second-order valence-electron chi connectivity index (χ2n) is 10.1. The fourth-order valence-electron chi connectivity index (χ4n) is 4.55. The topological polar surface area (TPSA) is 83.5 Å². The zero-order valence-corrected chi connectivity index (χ0v) is 24.6. The van der Waals surface area contributed by atoms with E-state index in [1.807, 2.05) is 6.92 Å². The summed E-state index contributed by atoms with van der Waals surface area (Å²) in [5.41, 5.74) is 0.429. The Balaban J connectivity index is 0.00000900. The molecule has 2 atom stereocenters. The third-order valence-corrected chi connectivity index (χ3v) is 7.53. The molecule has 0 spiro atoms. The fourth-order valence-corrected chi connectivity index (χ4v) is 5.02. The molecule has 0 amide bonds. The van der Waals surface area contributed by atoms with Crippen molar-refractivity contribution in [1.29, 1.82) is 0 Å². The summed E-state index contributed by atoms with van der Waals surface area (Å²) in [6.07, 6.45) is 13.8. The first-order valence-electron chi connectivity index (χ1n) is 11.7. The monoisotopic (exact) mass is 482 g/mol. The molecule has 1 aliphatic carbocycles. The minimum atomic E-state index is -4.24. The van der Waals surface area contributed by atoms with E-state index < -0.39 is 15.9 Å². The van der Waals surface area contributed by atoms with Gasteiger partial charge in [0, 0.05) is 5.75 Å². The van der Waals surface area contributed by atoms with Gasteiger partial charge >= 0.3 is 57.4 Å². The van der Waals surface area contributed by atoms with Crippen LogP contribution in [0.1, 0.15) is 92.4 Å². The van der Waals surface area contributed by atoms with Crippen LogP contribution in [0.5, 0.6) is 0 Å². The van der Waals surface area contributed by atoms with Crippen LogP contribution >= 0.6 is 0 Å². The molecule has 0 N–H and O–H groups in total. The molecule has 0 radical (unpaired) electrons. The predicted octanol–water partition coefficient (Wildman–Crippen LogP) is 2.71. The van der Waals surface area contributed by atoms with E-state index in [0.29, 0.717) is 11.8 Å². The third-order valence-electron chi connectivity index (χ3n) is 6.74. The Hall–Kier alpha value is 0.756. The van der Waals surface area contributed by atoms with Crippen molar-refractivity contribution < 1.29 is 73.9 Å². The molecule has 1 rings (SSSR count). The van der Waals surface area contributed by atoms with Gasteiger partial charge in [-0.2, -0.15) is 0 Å². The van der Waals surface area contributed by atoms with Crippen LogP contribution in [0.25, 0.3) is 0 Å². The van der Waals surface area contributed by atoms with E-state index in [2.05, 4.69) is 39.8 Å². The minimum Gasteiger partial charge on any atom is -0.748 e. The van der Waals surface area contributed by atoms with Crippen LogP contribution in [-0.2, 0) is 19.6 Å². The van der Waals surface area contributed by atoms with Crippen molar-refractivity contribution in [2.75, 3.05) is 12.4 Å². The molecule has 2 unspecified atom stereocenters. The molecule has 176 valence electrons. The number of carbonyl (C=O) groups excluding carboxylic acids is 1. The van der Waals surface area contributed by atoms with Gasteiger partial charge in [0.2, 0.25) is 0 Å². The zero-order valence-electron chi connectivity index (χ0n) is 20.7. The summed E-state index contributed by atoms with van der Waals surface area (Å²) in [5, 5.41) is 0. The first-order chi connectivity index (χ1) is 13.9. The standard InChI is InChI=1S/C24H44O5S.K/c1-6-20(21-13-15-22(16-14-21)24(3,4)5)12-9-7-8-11-19(2)23(25)29-17-10-18-30(26,27)28;/h7,9,19-22H,6,8,10-18H2,1-5H3,(H,26,27,28);/q;+1/p-1/b9-7+;. The van der Waals surface area contributed by atoms with Crippen LogP contribution in [-0.4, -0.2) is 31.3 Å². The molecule has 0 aromatic heterocycles. The van der Waals surface area contributed by atoms with Crippen LogP contribution in [0.15, 0.2) is 12.2 Å². The Morgan fingerprint density at radius 2 is 1.77 bits per heavy atom. The van der Waals surface area contributed by atoms with E-state index in [9.17, 15) is 17.8 Å². The van der Waals surface area contributed by atoms with Crippen molar-refractivity contribution in [3.63, 3.8) is 0 Å². The molecule has 1 aliphatic rings. The van der Waals surface area contributed by atoms with Crippen molar-refractivity contribution in [3.8, 4) is 0 Å². The summed E-state index contributed by atoms with van der Waals surface area (Å²) in [7, 11) is -4.24. The summed E-state index contributed by atoms with van der Waals surface area (Å²) >= 11 is 0. The molecule has 0 aromatic carbocycles. The van der Waals surface area contributed by atoms with E-state index in [-0.39, 0.29) is 76.3 Å². The van der Waals surface area contributed by atoms with Gasteiger partial charge < -0.3 is 9.29 Å². The molecule has 0 bridgehead atoms. The van der Waals surface area contributed by atoms with Crippen molar-refractivity contribution in [1.82, 2.24) is 0 Å². The average Bonchev–Trinajstić information content (AvgIpc) is 2.66. The van der Waals surface area contributed by atoms with Gasteiger partial charge in [0.25, 0.3) is 0 Å². The van der Waals surface area contributed by atoms with Gasteiger partial charge in [-0.25, -0.2) is 8.42 Å². The molecule has 0 aliphatic heterocycles. The maximum Gasteiger partial charge on any atom is 1.00 e. The number of hydrogen-bond acceptors (Lipinski definition) is 5. The van der Waals surface area contributed by atoms with Crippen LogP contribution < -0.4 is 51.4 Å². The predicted molar refractivity (Wildman–Crippen MR) is 121 cm³/mol. The van der Waals surface area contributed by atoms with Gasteiger partial charge in [0.15, 0.2) is 0 Å². The Bertz CT molecular complexity index is 631. The van der Waals surface area contributed by atoms with Crippen molar-refractivity contribution in [2.45, 2.75) is 92.4 Å². The molecular formula is C24H43KO5S. The Kier molecular flexibility index (Phi) is 16.0. The molecule has 1 saturated carbocycles. The van der Waals surface area contributed by atoms with Crippen LogP contribution in [0.3, 0.4) is 0 Å². The van der Waals surface area contributed by atoms with Crippen molar-refractivity contribution in [2.24, 2.45) is 29.1 Å². The molecule has 0 aromatic rings. The van der Waals surface area contributed by atoms with Gasteiger partial charge in [-0.15, -0.1) is 0 Å². The maximum atomic E-state index is 11.9. The largest absolute Gasteiger partial charge is 1.00 e. The van der Waals surface area contributed by atoms with Crippen molar-refractivity contribution >= 4 is 16.1 Å². The van der Waals surface area contributed by atoms with E-state index in [4.69, 9.17) is 4.74 Å². The van der Waals surface area contributed by atoms with E-state index in [1.165, 1.54) is 32.1 Å². The van der Waals surface area contributed by atoms with Crippen molar-refractivity contribution in [3.05, 3.63) is 12.2 Å². The van der Waals surface area contributed by atoms with Gasteiger partial charge in [0.05, 0.1) is 22.6 Å². The second-order valence-corrected chi connectivity index (χ2v) is 11.6. The van der Waals surface area contributed by atoms with Crippen LogP contribution in [0, 0.1) is 29.1 Å². The number of carbonyl (C=O) groups is 1. The molecule has 31 heavy (non-hydrogen) atoms. The molecule has 0 heterocycles. The van der Waals surface area contributed by atoms with Gasteiger partial charge in [0.1, 0.15) is 0 Å². The summed E-state index contributed by atoms with van der Waals surface area (Å²) in [4.78, 5) is 11.9. The first kappa shape index (κ1) is 31.8. The number of ether oxygens (including phenoxy) is 1. The summed E-state index contributed by atoms with van der Waals surface area (Å²) in [5.74, 6) is 1.40. The van der Waals surface area contributed by atoms with Crippen LogP contribution in [0.4, 0.5) is 0 Å². The summed E-state index contributed by atoms with van der Waals surface area (Å²) in [6.45, 7) is 11.2. The Morgan fingerprint density at radius 3 is 2.29 bits per heavy atom. The molecule has 5 nitrogen and oxygen atoms in total. The quantitative estimate of drug-likeness (QED) is 0.140. The van der Waals surface area contributed by atoms with E-state index in [0.717, 1.165) is 30.6 Å². The Morgan fingerprint density at radius 1 is 1.16 bits per heavy atom. The van der Waals surface area contributed by atoms with E-state index in [1.54, 1.807) is 0 Å². The van der Waals surface area contributed by atoms with Gasteiger partial charge in [-0.1, -0.05) is 53.2 Å². The number of allylic oxidation sites excluding steroid dienone is 2. The zero-order chi connectivity index (χ0) is 22.8. The van der Waals surface area contributed by atoms with E-state index >= 15 is 0 Å². The summed E-state index contributed by atoms with van der Waals surface area (Å²) < 4.78 is 36.7. The number of esters is 1. The SMILES string of the molecule is CCC(C/C=C/CCC(C)C(=O)OCCCS(=O)(=O)[O-])C1CCC(C(C)(C)C)CC1.[K+]. The third kappa shape index (κ3) is 13.9. The number of hydrogen-bond donors (Lipinski definition) is 0. The minimum absolute atomic E-state index is 0. The smallest absolute Gasteiger partial charge is 0.748 e. The second kappa shape index (κ2) is 15.6. The van der Waals surface area contributed by atoms with Crippen LogP contribution in [0.2, 0.25) is 0 Å². The molecule has 7 heteroatoms. The normalized spacial score (nSPS) is 22.0. The molecule has 1 fully saturated rings. The molecular weight excluding hydrogens is 439 g/mol. The van der Waals surface area contributed by atoms with Gasteiger partial charge in [-0.05, 0) is 74.5 Å². The Labute approximate surface area is 233 Å². The molecule has 0 saturated heterocycles. The maximum absolute atomic E-state index is 11.9. The first-order valence-corrected chi connectivity index (χ1v) is 13.3. The van der Waals surface area contributed by atoms with Gasteiger partial charge in [-0.3, -0.25) is 4.79 Å². The summed E-state index contributed by atoms with van der Waals surface area (Å²) in [6, 6.07) is 0. The number of rotatable bonds is 12. The fraction of sp³-hybridized carbons (Fsp3) is 0.875.